The fourth-order valence-corrected chi connectivity index (χ4v) is 5.02. The third-order valence-electron chi connectivity index (χ3n) is 7.27. The molecule has 2 aliphatic rings. The van der Waals surface area contributed by atoms with E-state index in [-0.39, 0.29) is 29.8 Å². The molecule has 0 radical (unpaired) electrons. The molecule has 7 heteroatoms. The molecule has 2 aromatic rings. The highest BCUT2D eigenvalue weighted by molar-refractivity contribution is 5.99. The van der Waals surface area contributed by atoms with Crippen LogP contribution in [0.25, 0.3) is 0 Å². The topological polar surface area (TPSA) is 76.5 Å². The van der Waals surface area contributed by atoms with Crippen LogP contribution in [0.2, 0.25) is 0 Å². The number of nitrogens with one attached hydrogen (secondary N) is 1. The third-order valence-corrected chi connectivity index (χ3v) is 7.27. The van der Waals surface area contributed by atoms with Crippen LogP contribution in [0.4, 0.5) is 0 Å². The Labute approximate surface area is 202 Å². The number of hydrogen-bond acceptors (Lipinski definition) is 4. The molecule has 1 aliphatic heterocycles. The minimum absolute atomic E-state index is 0.110. The molecule has 184 valence electrons. The molecule has 0 spiro atoms. The molecule has 1 atom stereocenters. The number of amides is 2. The highest BCUT2D eigenvalue weighted by atomic mass is 16.5. The summed E-state index contributed by atoms with van der Waals surface area (Å²) in [6.45, 7) is 8.71. The van der Waals surface area contributed by atoms with Gasteiger partial charge < -0.3 is 15.0 Å². The number of rotatable bonds is 5. The lowest BCUT2D eigenvalue weighted by Crippen LogP contribution is -2.64. The molecule has 1 saturated carbocycles. The molecule has 7 nitrogen and oxygen atoms in total. The number of carbonyl (C=O) groups excluding carboxylic acids is 2. The predicted molar refractivity (Wildman–Crippen MR) is 132 cm³/mol. The molecule has 1 aromatic carbocycles. The van der Waals surface area contributed by atoms with Gasteiger partial charge in [-0.2, -0.15) is 5.10 Å². The largest absolute Gasteiger partial charge is 0.496 e. The zero-order valence-electron chi connectivity index (χ0n) is 21.2. The molecule has 2 heterocycles. The van der Waals surface area contributed by atoms with Crippen molar-refractivity contribution in [3.8, 4) is 5.75 Å². The van der Waals surface area contributed by atoms with E-state index in [4.69, 9.17) is 9.84 Å². The maximum atomic E-state index is 13.9. The SMILES string of the molecule is COc1ccccc1CN1C(=O)c2cc(C(C)(C)C)nn2CC1(C)C(=O)NC1CCCCCC1. The molecule has 0 bridgehead atoms. The van der Waals surface area contributed by atoms with E-state index in [1.165, 1.54) is 12.8 Å². The molecule has 1 aromatic heterocycles. The van der Waals surface area contributed by atoms with Gasteiger partial charge in [0.05, 0.1) is 25.9 Å². The first kappa shape index (κ1) is 24.3. The van der Waals surface area contributed by atoms with E-state index in [1.54, 1.807) is 16.7 Å². The molecule has 0 saturated heterocycles. The van der Waals surface area contributed by atoms with Crippen LogP contribution < -0.4 is 10.1 Å². The normalized spacial score (nSPS) is 21.7. The summed E-state index contributed by atoms with van der Waals surface area (Å²) >= 11 is 0. The Morgan fingerprint density at radius 2 is 1.85 bits per heavy atom. The van der Waals surface area contributed by atoms with Gasteiger partial charge in [0, 0.05) is 17.0 Å². The van der Waals surface area contributed by atoms with Crippen LogP contribution in [-0.2, 0) is 23.3 Å². The number of fused-ring (bicyclic) bond motifs is 1. The van der Waals surface area contributed by atoms with Gasteiger partial charge in [0.15, 0.2) is 0 Å². The number of ether oxygens (including phenoxy) is 1. The van der Waals surface area contributed by atoms with Crippen molar-refractivity contribution < 1.29 is 14.3 Å². The van der Waals surface area contributed by atoms with E-state index in [2.05, 4.69) is 26.1 Å². The van der Waals surface area contributed by atoms with Crippen molar-refractivity contribution in [1.29, 1.82) is 0 Å². The van der Waals surface area contributed by atoms with Crippen LogP contribution in [0.1, 0.15) is 88.0 Å². The van der Waals surface area contributed by atoms with Crippen LogP contribution in [-0.4, -0.2) is 45.2 Å². The van der Waals surface area contributed by atoms with Gasteiger partial charge in [0.1, 0.15) is 17.0 Å². The monoisotopic (exact) mass is 466 g/mol. The number of nitrogens with zero attached hydrogens (tertiary/aromatic N) is 3. The van der Waals surface area contributed by atoms with Gasteiger partial charge in [0.25, 0.3) is 5.91 Å². The van der Waals surface area contributed by atoms with Crippen LogP contribution in [0.5, 0.6) is 5.75 Å². The molecular formula is C27H38N4O3. The standard InChI is InChI=1S/C27H38N4O3/c1-26(2,3)23-16-21-24(32)30(17-19-12-10-11-15-22(19)34-5)27(4,18-31(21)29-23)25(33)28-20-13-8-6-7-9-14-20/h10-12,15-16,20H,6-9,13-14,17-18H2,1-5H3,(H,28,33). The second-order valence-electron chi connectivity index (χ2n) is 11.0. The van der Waals surface area contributed by atoms with E-state index >= 15 is 0 Å². The summed E-state index contributed by atoms with van der Waals surface area (Å²) in [6.07, 6.45) is 6.67. The number of aromatic nitrogens is 2. The molecule has 34 heavy (non-hydrogen) atoms. The van der Waals surface area contributed by atoms with Crippen molar-refractivity contribution in [2.45, 2.75) is 96.3 Å². The first-order valence-electron chi connectivity index (χ1n) is 12.5. The van der Waals surface area contributed by atoms with Gasteiger partial charge in [-0.15, -0.1) is 0 Å². The van der Waals surface area contributed by atoms with Crippen LogP contribution >= 0.6 is 0 Å². The number of hydrogen-bond donors (Lipinski definition) is 1. The van der Waals surface area contributed by atoms with Gasteiger partial charge in [-0.05, 0) is 31.9 Å². The van der Waals surface area contributed by atoms with Crippen molar-refractivity contribution in [2.75, 3.05) is 7.11 Å². The van der Waals surface area contributed by atoms with Crippen LogP contribution in [0.3, 0.4) is 0 Å². The van der Waals surface area contributed by atoms with Gasteiger partial charge in [-0.1, -0.05) is 64.7 Å². The maximum absolute atomic E-state index is 13.9. The Morgan fingerprint density at radius 3 is 2.50 bits per heavy atom. The van der Waals surface area contributed by atoms with Crippen molar-refractivity contribution in [3.05, 3.63) is 47.3 Å². The first-order chi connectivity index (χ1) is 16.1. The van der Waals surface area contributed by atoms with Crippen LogP contribution in [0.15, 0.2) is 30.3 Å². The molecule has 1 aliphatic carbocycles. The maximum Gasteiger partial charge on any atom is 0.273 e. The third kappa shape index (κ3) is 4.70. The highest BCUT2D eigenvalue weighted by Gasteiger charge is 2.49. The summed E-state index contributed by atoms with van der Waals surface area (Å²) in [7, 11) is 1.62. The Bertz CT molecular complexity index is 1050. The Kier molecular flexibility index (Phi) is 6.74. The average molecular weight is 467 g/mol. The summed E-state index contributed by atoms with van der Waals surface area (Å²) in [5, 5.41) is 8.05. The molecule has 4 rings (SSSR count). The summed E-state index contributed by atoms with van der Waals surface area (Å²) in [4.78, 5) is 29.4. The number of methoxy groups -OCH3 is 1. The van der Waals surface area contributed by atoms with Crippen molar-refractivity contribution in [3.63, 3.8) is 0 Å². The van der Waals surface area contributed by atoms with Crippen LogP contribution in [0, 0.1) is 0 Å². The van der Waals surface area contributed by atoms with E-state index in [0.29, 0.717) is 18.0 Å². The fourth-order valence-electron chi connectivity index (χ4n) is 5.02. The van der Waals surface area contributed by atoms with Crippen molar-refractivity contribution in [1.82, 2.24) is 20.0 Å². The summed E-state index contributed by atoms with van der Waals surface area (Å²) in [5.41, 5.74) is 0.979. The predicted octanol–water partition coefficient (Wildman–Crippen LogP) is 4.44. The number of carbonyl (C=O) groups is 2. The van der Waals surface area contributed by atoms with E-state index in [1.807, 2.05) is 37.3 Å². The smallest absolute Gasteiger partial charge is 0.273 e. The number of para-hydroxylation sites is 1. The Morgan fingerprint density at radius 1 is 1.18 bits per heavy atom. The van der Waals surface area contributed by atoms with Gasteiger partial charge in [0.2, 0.25) is 5.91 Å². The highest BCUT2D eigenvalue weighted by Crippen LogP contribution is 2.33. The second kappa shape index (κ2) is 9.43. The summed E-state index contributed by atoms with van der Waals surface area (Å²) in [6, 6.07) is 9.69. The van der Waals surface area contributed by atoms with E-state index in [9.17, 15) is 9.59 Å². The van der Waals surface area contributed by atoms with Gasteiger partial charge in [-0.3, -0.25) is 14.3 Å². The van der Waals surface area contributed by atoms with E-state index in [0.717, 1.165) is 36.9 Å². The average Bonchev–Trinajstić information content (AvgIpc) is 3.07. The zero-order valence-corrected chi connectivity index (χ0v) is 21.2. The summed E-state index contributed by atoms with van der Waals surface area (Å²) < 4.78 is 7.28. The van der Waals surface area contributed by atoms with Gasteiger partial charge >= 0.3 is 0 Å². The lowest BCUT2D eigenvalue weighted by Gasteiger charge is -2.44. The fraction of sp³-hybridized carbons (Fsp3) is 0.593. The molecule has 1 fully saturated rings. The lowest BCUT2D eigenvalue weighted by atomic mass is 9.91. The van der Waals surface area contributed by atoms with E-state index < -0.39 is 5.54 Å². The zero-order chi connectivity index (χ0) is 24.5. The quantitative estimate of drug-likeness (QED) is 0.661. The van der Waals surface area contributed by atoms with Crippen molar-refractivity contribution >= 4 is 11.8 Å². The minimum atomic E-state index is -1.07. The summed E-state index contributed by atoms with van der Waals surface area (Å²) in [5.74, 6) is 0.413. The Balaban J connectivity index is 1.71. The molecule has 1 unspecified atom stereocenters. The first-order valence-corrected chi connectivity index (χ1v) is 12.5. The molecule has 1 N–H and O–H groups in total. The van der Waals surface area contributed by atoms with Crippen molar-refractivity contribution in [2.24, 2.45) is 0 Å². The van der Waals surface area contributed by atoms with Gasteiger partial charge in [-0.25, -0.2) is 0 Å². The lowest BCUT2D eigenvalue weighted by molar-refractivity contribution is -0.134. The molecular weight excluding hydrogens is 428 g/mol. The second-order valence-corrected chi connectivity index (χ2v) is 11.0. The Hall–Kier alpha value is -2.83. The minimum Gasteiger partial charge on any atom is -0.496 e. The number of benzene rings is 1. The molecule has 2 amide bonds.